The van der Waals surface area contributed by atoms with Crippen molar-refractivity contribution in [1.82, 2.24) is 4.90 Å². The molecule has 0 radical (unpaired) electrons. The van der Waals surface area contributed by atoms with E-state index in [0.717, 1.165) is 12.8 Å². The molecule has 1 aromatic carbocycles. The van der Waals surface area contributed by atoms with Gasteiger partial charge in [-0.05, 0) is 37.8 Å². The van der Waals surface area contributed by atoms with Crippen LogP contribution in [-0.4, -0.2) is 28.8 Å². The zero-order chi connectivity index (χ0) is 14.7. The Kier molecular flexibility index (Phi) is 4.04. The van der Waals surface area contributed by atoms with E-state index >= 15 is 0 Å². The first-order valence-corrected chi connectivity index (χ1v) is 6.50. The highest BCUT2D eigenvalue weighted by atomic mass is 16.6. The zero-order valence-electron chi connectivity index (χ0n) is 11.3. The van der Waals surface area contributed by atoms with Crippen LogP contribution in [0.25, 0.3) is 0 Å². The average molecular weight is 272 g/mol. The largest absolute Gasteiger partial charge is 0.327 e. The second-order valence-corrected chi connectivity index (χ2v) is 5.09. The van der Waals surface area contributed by atoms with Crippen molar-refractivity contribution in [3.05, 3.63) is 39.4 Å². The van der Waals surface area contributed by atoms with Crippen LogP contribution in [0.5, 0.6) is 0 Å². The molecule has 1 saturated carbocycles. The summed E-state index contributed by atoms with van der Waals surface area (Å²) in [5.41, 5.74) is 0.948. The van der Waals surface area contributed by atoms with Gasteiger partial charge in [0.2, 0.25) is 0 Å². The number of rotatable bonds is 5. The van der Waals surface area contributed by atoms with Gasteiger partial charge in [-0.15, -0.1) is 6.42 Å². The molecule has 0 heterocycles. The van der Waals surface area contributed by atoms with Crippen LogP contribution in [0.4, 0.5) is 5.69 Å². The van der Waals surface area contributed by atoms with Gasteiger partial charge in [0.25, 0.3) is 11.6 Å². The highest BCUT2D eigenvalue weighted by Gasteiger charge is 2.27. The van der Waals surface area contributed by atoms with Gasteiger partial charge in [0.15, 0.2) is 0 Å². The van der Waals surface area contributed by atoms with Gasteiger partial charge in [-0.1, -0.05) is 5.92 Å². The number of nitrogens with zero attached hydrogens (tertiary/aromatic N) is 2. The van der Waals surface area contributed by atoms with Crippen LogP contribution < -0.4 is 0 Å². The summed E-state index contributed by atoms with van der Waals surface area (Å²) < 4.78 is 0. The van der Waals surface area contributed by atoms with Crippen molar-refractivity contribution in [2.45, 2.75) is 19.8 Å². The van der Waals surface area contributed by atoms with E-state index in [0.29, 0.717) is 23.6 Å². The third-order valence-electron chi connectivity index (χ3n) is 3.39. The van der Waals surface area contributed by atoms with E-state index < -0.39 is 4.92 Å². The molecular weight excluding hydrogens is 256 g/mol. The molecule has 0 spiro atoms. The Morgan fingerprint density at radius 1 is 1.55 bits per heavy atom. The van der Waals surface area contributed by atoms with Crippen LogP contribution in [0.3, 0.4) is 0 Å². The molecular formula is C15H16N2O3. The van der Waals surface area contributed by atoms with Gasteiger partial charge < -0.3 is 4.90 Å². The lowest BCUT2D eigenvalue weighted by Crippen LogP contribution is -2.33. The number of nitro groups is 1. The van der Waals surface area contributed by atoms with Gasteiger partial charge >= 0.3 is 0 Å². The van der Waals surface area contributed by atoms with Crippen molar-refractivity contribution in [2.75, 3.05) is 13.1 Å². The lowest BCUT2D eigenvalue weighted by molar-refractivity contribution is -0.385. The first-order chi connectivity index (χ1) is 9.52. The van der Waals surface area contributed by atoms with E-state index in [-0.39, 0.29) is 18.1 Å². The number of nitro benzene ring substituents is 1. The number of hydrogen-bond acceptors (Lipinski definition) is 3. The van der Waals surface area contributed by atoms with Crippen molar-refractivity contribution in [1.29, 1.82) is 0 Å². The summed E-state index contributed by atoms with van der Waals surface area (Å²) in [6, 6.07) is 4.41. The zero-order valence-corrected chi connectivity index (χ0v) is 11.3. The predicted octanol–water partition coefficient (Wildman–Crippen LogP) is 2.39. The number of terminal acetylenes is 1. The Morgan fingerprint density at radius 3 is 2.75 bits per heavy atom. The topological polar surface area (TPSA) is 63.5 Å². The van der Waals surface area contributed by atoms with Crippen molar-refractivity contribution >= 4 is 11.6 Å². The molecule has 1 aliphatic carbocycles. The molecule has 0 unspecified atom stereocenters. The molecule has 0 atom stereocenters. The van der Waals surface area contributed by atoms with Crippen LogP contribution >= 0.6 is 0 Å². The van der Waals surface area contributed by atoms with E-state index in [4.69, 9.17) is 6.42 Å². The predicted molar refractivity (Wildman–Crippen MR) is 75.3 cm³/mol. The van der Waals surface area contributed by atoms with Crippen LogP contribution in [0, 0.1) is 35.3 Å². The number of amides is 1. The van der Waals surface area contributed by atoms with Gasteiger partial charge in [-0.2, -0.15) is 0 Å². The molecule has 5 nitrogen and oxygen atoms in total. The van der Waals surface area contributed by atoms with Crippen molar-refractivity contribution in [3.63, 3.8) is 0 Å². The fraction of sp³-hybridized carbons (Fsp3) is 0.400. The third kappa shape index (κ3) is 3.15. The minimum absolute atomic E-state index is 0.0206. The second kappa shape index (κ2) is 5.74. The van der Waals surface area contributed by atoms with Crippen LogP contribution in [0.15, 0.2) is 18.2 Å². The van der Waals surface area contributed by atoms with Crippen LogP contribution in [0.1, 0.15) is 28.8 Å². The Labute approximate surface area is 117 Å². The maximum atomic E-state index is 12.4. The number of carbonyl (C=O) groups is 1. The Hall–Kier alpha value is -2.35. The molecule has 1 aromatic rings. The number of carbonyl (C=O) groups excluding carboxylic acids is 1. The van der Waals surface area contributed by atoms with Gasteiger partial charge in [0.1, 0.15) is 0 Å². The molecule has 5 heteroatoms. The SMILES string of the molecule is C#CCN(CC1CC1)C(=O)c1ccc([N+](=O)[O-])c(C)c1. The third-order valence-corrected chi connectivity index (χ3v) is 3.39. The normalized spacial score (nSPS) is 13.6. The fourth-order valence-corrected chi connectivity index (χ4v) is 2.12. The molecule has 0 saturated heterocycles. The fourth-order valence-electron chi connectivity index (χ4n) is 2.12. The van der Waals surface area contributed by atoms with Gasteiger partial charge in [0, 0.05) is 23.7 Å². The Balaban J connectivity index is 2.20. The molecule has 0 bridgehead atoms. The van der Waals surface area contributed by atoms with Crippen LogP contribution in [-0.2, 0) is 0 Å². The van der Waals surface area contributed by atoms with Crippen LogP contribution in [0.2, 0.25) is 0 Å². The van der Waals surface area contributed by atoms with E-state index in [2.05, 4.69) is 5.92 Å². The summed E-state index contributed by atoms with van der Waals surface area (Å²) in [7, 11) is 0. The Morgan fingerprint density at radius 2 is 2.25 bits per heavy atom. The van der Waals surface area contributed by atoms with E-state index in [9.17, 15) is 14.9 Å². The maximum absolute atomic E-state index is 12.4. The molecule has 1 fully saturated rings. The molecule has 0 aromatic heterocycles. The molecule has 104 valence electrons. The summed E-state index contributed by atoms with van der Waals surface area (Å²) in [6.45, 7) is 2.56. The average Bonchev–Trinajstić information content (AvgIpc) is 3.21. The monoisotopic (exact) mass is 272 g/mol. The second-order valence-electron chi connectivity index (χ2n) is 5.09. The number of hydrogen-bond donors (Lipinski definition) is 0. The van der Waals surface area contributed by atoms with Crippen molar-refractivity contribution in [2.24, 2.45) is 5.92 Å². The highest BCUT2D eigenvalue weighted by Crippen LogP contribution is 2.30. The van der Waals surface area contributed by atoms with Gasteiger partial charge in [-0.25, -0.2) is 0 Å². The lowest BCUT2D eigenvalue weighted by Gasteiger charge is -2.20. The van der Waals surface area contributed by atoms with Crippen molar-refractivity contribution in [3.8, 4) is 12.3 Å². The van der Waals surface area contributed by atoms with E-state index in [1.165, 1.54) is 12.1 Å². The first-order valence-electron chi connectivity index (χ1n) is 6.50. The quantitative estimate of drug-likeness (QED) is 0.469. The lowest BCUT2D eigenvalue weighted by atomic mass is 10.1. The summed E-state index contributed by atoms with van der Waals surface area (Å²) in [5.74, 6) is 2.88. The molecule has 0 N–H and O–H groups in total. The molecule has 1 amide bonds. The number of aryl methyl sites for hydroxylation is 1. The smallest absolute Gasteiger partial charge is 0.272 e. The summed E-state index contributed by atoms with van der Waals surface area (Å²) in [6.07, 6.45) is 7.57. The van der Waals surface area contributed by atoms with E-state index in [1.54, 1.807) is 17.9 Å². The molecule has 1 aliphatic rings. The minimum atomic E-state index is -0.451. The van der Waals surface area contributed by atoms with Crippen molar-refractivity contribution < 1.29 is 9.72 Å². The summed E-state index contributed by atoms with van der Waals surface area (Å²) in [4.78, 5) is 24.4. The highest BCUT2D eigenvalue weighted by molar-refractivity contribution is 5.95. The maximum Gasteiger partial charge on any atom is 0.272 e. The standard InChI is InChI=1S/C15H16N2O3/c1-3-8-16(10-12-4-5-12)15(18)13-6-7-14(17(19)20)11(2)9-13/h1,6-7,9,12H,4-5,8,10H2,2H3. The summed E-state index contributed by atoms with van der Waals surface area (Å²) in [5, 5.41) is 10.8. The van der Waals surface area contributed by atoms with Gasteiger partial charge in [-0.3, -0.25) is 14.9 Å². The first kappa shape index (κ1) is 14.1. The molecule has 20 heavy (non-hydrogen) atoms. The van der Waals surface area contributed by atoms with E-state index in [1.807, 2.05) is 0 Å². The Bertz CT molecular complexity index is 585. The number of benzene rings is 1. The molecule has 2 rings (SSSR count). The summed E-state index contributed by atoms with van der Waals surface area (Å²) >= 11 is 0. The van der Waals surface area contributed by atoms with Gasteiger partial charge in [0.05, 0.1) is 11.5 Å². The molecule has 0 aliphatic heterocycles. The minimum Gasteiger partial charge on any atom is -0.327 e.